The third-order valence-electron chi connectivity index (χ3n) is 2.98. The van der Waals surface area contributed by atoms with Crippen LogP contribution in [0.2, 0.25) is 0 Å². The Morgan fingerprint density at radius 2 is 1.88 bits per heavy atom. The number of halogens is 3. The van der Waals surface area contributed by atoms with E-state index < -0.39 is 5.82 Å². The topological polar surface area (TPSA) is 68.0 Å². The molecule has 5 nitrogen and oxygen atoms in total. The van der Waals surface area contributed by atoms with Crippen molar-refractivity contribution < 1.29 is 13.6 Å². The number of amides is 1. The molecule has 0 radical (unpaired) electrons. The molecule has 2 aromatic heterocycles. The zero-order chi connectivity index (χ0) is 15.4. The monoisotopic (exact) mass is 369 g/mol. The molecular weight excluding hydrogens is 356 g/mol. The van der Waals surface area contributed by atoms with Crippen molar-refractivity contribution in [2.24, 2.45) is 0 Å². The summed E-state index contributed by atoms with van der Waals surface area (Å²) in [5, 5.41) is 2.65. The van der Waals surface area contributed by atoms with Gasteiger partial charge < -0.3 is 9.73 Å². The van der Waals surface area contributed by atoms with Crippen molar-refractivity contribution in [1.82, 2.24) is 15.3 Å². The molecule has 0 atom stereocenters. The Bertz CT molecular complexity index is 780. The van der Waals surface area contributed by atoms with Crippen LogP contribution in [0.3, 0.4) is 0 Å². The number of oxazole rings is 1. The van der Waals surface area contributed by atoms with Gasteiger partial charge in [0.1, 0.15) is 12.1 Å². The summed E-state index contributed by atoms with van der Waals surface area (Å²) in [7, 11) is 0. The molecule has 3 aromatic rings. The summed E-state index contributed by atoms with van der Waals surface area (Å²) in [6.45, 7) is 0.187. The SMILES string of the molecule is Cl.Cl.O=C(NCc1ccc(F)cn1)c1coc(-c2ccccc2)n1. The lowest BCUT2D eigenvalue weighted by Crippen LogP contribution is -2.23. The second-order valence-electron chi connectivity index (χ2n) is 4.55. The van der Waals surface area contributed by atoms with Crippen LogP contribution >= 0.6 is 24.8 Å². The first-order valence-corrected chi connectivity index (χ1v) is 6.62. The predicted molar refractivity (Wildman–Crippen MR) is 91.8 cm³/mol. The highest BCUT2D eigenvalue weighted by Crippen LogP contribution is 2.17. The van der Waals surface area contributed by atoms with Gasteiger partial charge in [-0.05, 0) is 24.3 Å². The average Bonchev–Trinajstić information content (AvgIpc) is 3.05. The molecule has 0 aliphatic heterocycles. The standard InChI is InChI=1S/C16H12FN3O2.2ClH/c17-12-6-7-13(18-8-12)9-19-15(21)14-10-22-16(20-14)11-4-2-1-3-5-11;;/h1-8,10H,9H2,(H,19,21);2*1H. The average molecular weight is 370 g/mol. The summed E-state index contributed by atoms with van der Waals surface area (Å²) >= 11 is 0. The molecule has 0 unspecified atom stereocenters. The van der Waals surface area contributed by atoms with Gasteiger partial charge in [0.05, 0.1) is 18.4 Å². The molecule has 126 valence electrons. The van der Waals surface area contributed by atoms with E-state index in [0.717, 1.165) is 11.8 Å². The number of aromatic nitrogens is 2. The van der Waals surface area contributed by atoms with E-state index in [1.807, 2.05) is 30.3 Å². The Labute approximate surface area is 150 Å². The molecule has 2 heterocycles. The van der Waals surface area contributed by atoms with Crippen molar-refractivity contribution in [3.05, 3.63) is 72.1 Å². The molecule has 0 saturated carbocycles. The lowest BCUT2D eigenvalue weighted by atomic mass is 10.2. The molecule has 0 saturated heterocycles. The quantitative estimate of drug-likeness (QED) is 0.761. The molecule has 24 heavy (non-hydrogen) atoms. The number of carbonyl (C=O) groups excluding carboxylic acids is 1. The molecule has 0 aliphatic rings. The van der Waals surface area contributed by atoms with Crippen LogP contribution in [-0.2, 0) is 6.54 Å². The smallest absolute Gasteiger partial charge is 0.273 e. The minimum atomic E-state index is -0.418. The number of rotatable bonds is 4. The molecule has 8 heteroatoms. The highest BCUT2D eigenvalue weighted by molar-refractivity contribution is 5.92. The normalized spacial score (nSPS) is 9.54. The van der Waals surface area contributed by atoms with Gasteiger partial charge in [-0.2, -0.15) is 0 Å². The second kappa shape index (κ2) is 9.00. The minimum Gasteiger partial charge on any atom is -0.444 e. The van der Waals surface area contributed by atoms with E-state index in [2.05, 4.69) is 15.3 Å². The van der Waals surface area contributed by atoms with Crippen molar-refractivity contribution in [2.45, 2.75) is 6.54 Å². The summed E-state index contributed by atoms with van der Waals surface area (Å²) < 4.78 is 18.0. The fourth-order valence-electron chi connectivity index (χ4n) is 1.86. The summed E-state index contributed by atoms with van der Waals surface area (Å²) in [6.07, 6.45) is 2.40. The highest BCUT2D eigenvalue weighted by atomic mass is 35.5. The Kier molecular flexibility index (Phi) is 7.35. The van der Waals surface area contributed by atoms with Gasteiger partial charge >= 0.3 is 0 Å². The fourth-order valence-corrected chi connectivity index (χ4v) is 1.86. The number of nitrogens with one attached hydrogen (secondary N) is 1. The number of carbonyl (C=O) groups is 1. The molecule has 0 fully saturated rings. The first-order valence-electron chi connectivity index (χ1n) is 6.62. The van der Waals surface area contributed by atoms with E-state index in [4.69, 9.17) is 4.42 Å². The van der Waals surface area contributed by atoms with E-state index >= 15 is 0 Å². The van der Waals surface area contributed by atoms with Gasteiger partial charge in [0.15, 0.2) is 5.69 Å². The lowest BCUT2D eigenvalue weighted by molar-refractivity contribution is 0.0945. The highest BCUT2D eigenvalue weighted by Gasteiger charge is 2.13. The summed E-state index contributed by atoms with van der Waals surface area (Å²) in [4.78, 5) is 20.0. The van der Waals surface area contributed by atoms with E-state index in [1.165, 1.54) is 18.4 Å². The molecule has 0 aliphatic carbocycles. The predicted octanol–water partition coefficient (Wildman–Crippen LogP) is 3.65. The van der Waals surface area contributed by atoms with Crippen molar-refractivity contribution in [2.75, 3.05) is 0 Å². The van der Waals surface area contributed by atoms with Crippen LogP contribution in [0.15, 0.2) is 59.3 Å². The number of hydrogen-bond acceptors (Lipinski definition) is 4. The second-order valence-corrected chi connectivity index (χ2v) is 4.55. The fraction of sp³-hybridized carbons (Fsp3) is 0.0625. The maximum atomic E-state index is 12.7. The zero-order valence-electron chi connectivity index (χ0n) is 12.3. The van der Waals surface area contributed by atoms with Gasteiger partial charge in [0.2, 0.25) is 5.89 Å². The molecule has 1 N–H and O–H groups in total. The van der Waals surface area contributed by atoms with E-state index in [-0.39, 0.29) is 43.0 Å². The van der Waals surface area contributed by atoms with Crippen molar-refractivity contribution in [3.8, 4) is 11.5 Å². The van der Waals surface area contributed by atoms with Crippen LogP contribution in [0.1, 0.15) is 16.2 Å². The van der Waals surface area contributed by atoms with Gasteiger partial charge in [-0.1, -0.05) is 18.2 Å². The van der Waals surface area contributed by atoms with Crippen LogP contribution in [0, 0.1) is 5.82 Å². The Morgan fingerprint density at radius 1 is 1.12 bits per heavy atom. The van der Waals surface area contributed by atoms with Crippen molar-refractivity contribution in [1.29, 1.82) is 0 Å². The molecule has 0 spiro atoms. The van der Waals surface area contributed by atoms with E-state index in [9.17, 15) is 9.18 Å². The van der Waals surface area contributed by atoms with Gasteiger partial charge in [0.25, 0.3) is 5.91 Å². The van der Waals surface area contributed by atoms with Crippen molar-refractivity contribution in [3.63, 3.8) is 0 Å². The summed E-state index contributed by atoms with van der Waals surface area (Å²) in [5.41, 5.74) is 1.53. The van der Waals surface area contributed by atoms with Crippen LogP contribution < -0.4 is 5.32 Å². The Balaban J connectivity index is 0.00000144. The third-order valence-corrected chi connectivity index (χ3v) is 2.98. The van der Waals surface area contributed by atoms with Crippen LogP contribution in [0.5, 0.6) is 0 Å². The number of hydrogen-bond donors (Lipinski definition) is 1. The maximum Gasteiger partial charge on any atom is 0.273 e. The molecule has 0 bridgehead atoms. The lowest BCUT2D eigenvalue weighted by Gasteiger charge is -2.01. The van der Waals surface area contributed by atoms with Gasteiger partial charge in [-0.15, -0.1) is 24.8 Å². The van der Waals surface area contributed by atoms with Crippen LogP contribution in [0.4, 0.5) is 4.39 Å². The molecular formula is C16H14Cl2FN3O2. The Morgan fingerprint density at radius 3 is 2.54 bits per heavy atom. The number of pyridine rings is 1. The third kappa shape index (κ3) is 4.78. The number of benzene rings is 1. The van der Waals surface area contributed by atoms with Gasteiger partial charge in [0, 0.05) is 5.56 Å². The first kappa shape index (κ1) is 19.6. The van der Waals surface area contributed by atoms with Crippen LogP contribution in [0.25, 0.3) is 11.5 Å². The largest absolute Gasteiger partial charge is 0.444 e. The Hall–Kier alpha value is -2.44. The number of nitrogens with zero attached hydrogens (tertiary/aromatic N) is 2. The van der Waals surface area contributed by atoms with E-state index in [0.29, 0.717) is 11.6 Å². The van der Waals surface area contributed by atoms with Gasteiger partial charge in [-0.3, -0.25) is 9.78 Å². The van der Waals surface area contributed by atoms with Gasteiger partial charge in [-0.25, -0.2) is 9.37 Å². The van der Waals surface area contributed by atoms with E-state index in [1.54, 1.807) is 0 Å². The summed E-state index contributed by atoms with van der Waals surface area (Å²) in [6, 6.07) is 12.1. The minimum absolute atomic E-state index is 0. The summed E-state index contributed by atoms with van der Waals surface area (Å²) in [5.74, 6) is -0.415. The first-order chi connectivity index (χ1) is 10.7. The maximum absolute atomic E-state index is 12.7. The zero-order valence-corrected chi connectivity index (χ0v) is 13.9. The van der Waals surface area contributed by atoms with Crippen LogP contribution in [-0.4, -0.2) is 15.9 Å². The van der Waals surface area contributed by atoms with Crippen molar-refractivity contribution >= 4 is 30.7 Å². The molecule has 1 aromatic carbocycles. The molecule has 3 rings (SSSR count). The molecule has 1 amide bonds.